The summed E-state index contributed by atoms with van der Waals surface area (Å²) in [6, 6.07) is 0. The van der Waals surface area contributed by atoms with Gasteiger partial charge in [-0.2, -0.15) is 0 Å². The van der Waals surface area contributed by atoms with Crippen LogP contribution in [0.5, 0.6) is 0 Å². The van der Waals surface area contributed by atoms with Crippen molar-refractivity contribution in [2.24, 2.45) is 0 Å². The zero-order valence-corrected chi connectivity index (χ0v) is 16.6. The lowest BCUT2D eigenvalue weighted by Crippen LogP contribution is -2.43. The SMILES string of the molecule is C/C=C/C=C/C=C/C(=O)/C=C(\O)C1=C2C=C3CC(CO)OC=C3C(=O)C2(C)OC1=O. The number of hydrogen-bond donors (Lipinski definition) is 2. The van der Waals surface area contributed by atoms with Crippen LogP contribution in [-0.2, 0) is 23.9 Å². The summed E-state index contributed by atoms with van der Waals surface area (Å²) in [6.45, 7) is 3.06. The molecule has 2 N–H and O–H groups in total. The van der Waals surface area contributed by atoms with E-state index in [9.17, 15) is 24.6 Å². The summed E-state index contributed by atoms with van der Waals surface area (Å²) in [6.07, 6.45) is 13.2. The fraction of sp³-hybridized carbons (Fsp3) is 0.261. The Morgan fingerprint density at radius 1 is 1.27 bits per heavy atom. The van der Waals surface area contributed by atoms with Gasteiger partial charge in [0.05, 0.1) is 18.4 Å². The van der Waals surface area contributed by atoms with Crippen molar-refractivity contribution in [3.63, 3.8) is 0 Å². The van der Waals surface area contributed by atoms with Crippen LogP contribution in [0.1, 0.15) is 20.3 Å². The molecule has 0 aromatic rings. The number of allylic oxidation sites excluding steroid dienone is 7. The number of aliphatic hydroxyl groups is 2. The molecule has 2 unspecified atom stereocenters. The molecule has 0 amide bonds. The molecule has 0 saturated carbocycles. The molecule has 0 radical (unpaired) electrons. The van der Waals surface area contributed by atoms with Crippen LogP contribution in [0.15, 0.2) is 82.9 Å². The van der Waals surface area contributed by atoms with E-state index in [-0.39, 0.29) is 29.7 Å². The van der Waals surface area contributed by atoms with Crippen LogP contribution in [-0.4, -0.2) is 46.1 Å². The van der Waals surface area contributed by atoms with Crippen molar-refractivity contribution < 1.29 is 34.1 Å². The highest BCUT2D eigenvalue weighted by Gasteiger charge is 2.54. The molecule has 7 heteroatoms. The van der Waals surface area contributed by atoms with Crippen LogP contribution in [0.2, 0.25) is 0 Å². The number of rotatable bonds is 6. The molecule has 0 aromatic heterocycles. The molecule has 156 valence electrons. The third-order valence-electron chi connectivity index (χ3n) is 4.98. The van der Waals surface area contributed by atoms with E-state index >= 15 is 0 Å². The molecule has 1 aliphatic carbocycles. The lowest BCUT2D eigenvalue weighted by molar-refractivity contribution is -0.152. The molecule has 0 fully saturated rings. The molecule has 30 heavy (non-hydrogen) atoms. The molecular weight excluding hydrogens is 388 g/mol. The molecule has 2 aliphatic heterocycles. The first-order chi connectivity index (χ1) is 14.3. The minimum Gasteiger partial charge on any atom is -0.507 e. The Morgan fingerprint density at radius 2 is 2.00 bits per heavy atom. The largest absolute Gasteiger partial charge is 0.507 e. The summed E-state index contributed by atoms with van der Waals surface area (Å²) >= 11 is 0. The number of carbonyl (C=O) groups is 3. The van der Waals surface area contributed by atoms with E-state index in [4.69, 9.17) is 9.47 Å². The van der Waals surface area contributed by atoms with Crippen molar-refractivity contribution in [1.82, 2.24) is 0 Å². The van der Waals surface area contributed by atoms with Crippen LogP contribution in [0.3, 0.4) is 0 Å². The van der Waals surface area contributed by atoms with E-state index in [0.29, 0.717) is 5.57 Å². The van der Waals surface area contributed by atoms with Gasteiger partial charge in [-0.1, -0.05) is 30.4 Å². The summed E-state index contributed by atoms with van der Waals surface area (Å²) in [5, 5.41) is 19.8. The maximum atomic E-state index is 13.0. The van der Waals surface area contributed by atoms with Crippen molar-refractivity contribution in [1.29, 1.82) is 0 Å². The average molecular weight is 410 g/mol. The fourth-order valence-electron chi connectivity index (χ4n) is 3.42. The van der Waals surface area contributed by atoms with Crippen LogP contribution < -0.4 is 0 Å². The van der Waals surface area contributed by atoms with Crippen LogP contribution in [0.25, 0.3) is 0 Å². The van der Waals surface area contributed by atoms with E-state index in [1.54, 1.807) is 24.3 Å². The van der Waals surface area contributed by atoms with Gasteiger partial charge < -0.3 is 19.7 Å². The normalized spacial score (nSPS) is 26.6. The Kier molecular flexibility index (Phi) is 6.03. The zero-order valence-electron chi connectivity index (χ0n) is 16.6. The van der Waals surface area contributed by atoms with Gasteiger partial charge in [-0.05, 0) is 31.6 Å². The predicted molar refractivity (Wildman–Crippen MR) is 108 cm³/mol. The molecule has 0 spiro atoms. The third kappa shape index (κ3) is 3.84. The number of aliphatic hydroxyl groups excluding tert-OH is 2. The van der Waals surface area contributed by atoms with Gasteiger partial charge in [0.25, 0.3) is 0 Å². The Hall–Kier alpha value is -3.45. The predicted octanol–water partition coefficient (Wildman–Crippen LogP) is 2.47. The monoisotopic (exact) mass is 410 g/mol. The molecule has 2 atom stereocenters. The summed E-state index contributed by atoms with van der Waals surface area (Å²) in [5.41, 5.74) is -0.831. The van der Waals surface area contributed by atoms with Gasteiger partial charge in [0, 0.05) is 18.1 Å². The van der Waals surface area contributed by atoms with Crippen molar-refractivity contribution in [2.75, 3.05) is 6.61 Å². The Labute approximate surface area is 173 Å². The molecule has 0 aromatic carbocycles. The van der Waals surface area contributed by atoms with Crippen molar-refractivity contribution in [2.45, 2.75) is 32.0 Å². The number of esters is 1. The van der Waals surface area contributed by atoms with Crippen LogP contribution in [0, 0.1) is 0 Å². The second kappa shape index (κ2) is 8.51. The van der Waals surface area contributed by atoms with Crippen LogP contribution >= 0.6 is 0 Å². The first kappa shape index (κ1) is 21.3. The Bertz CT molecular complexity index is 1000. The summed E-state index contributed by atoms with van der Waals surface area (Å²) < 4.78 is 10.6. The van der Waals surface area contributed by atoms with Crippen molar-refractivity contribution >= 4 is 17.5 Å². The molecule has 7 nitrogen and oxygen atoms in total. The smallest absolute Gasteiger partial charge is 0.343 e. The molecule has 3 aliphatic rings. The second-order valence-corrected chi connectivity index (χ2v) is 7.09. The lowest BCUT2D eigenvalue weighted by atomic mass is 9.76. The van der Waals surface area contributed by atoms with E-state index in [0.717, 1.165) is 6.08 Å². The first-order valence-electron chi connectivity index (χ1n) is 9.43. The van der Waals surface area contributed by atoms with E-state index in [2.05, 4.69) is 0 Å². The van der Waals surface area contributed by atoms with Gasteiger partial charge in [-0.15, -0.1) is 0 Å². The first-order valence-corrected chi connectivity index (χ1v) is 9.43. The quantitative estimate of drug-likeness (QED) is 0.300. The van der Waals surface area contributed by atoms with Gasteiger partial charge in [0.15, 0.2) is 11.4 Å². The summed E-state index contributed by atoms with van der Waals surface area (Å²) in [5.74, 6) is -2.49. The number of carbonyl (C=O) groups excluding carboxylic acids is 3. The number of fused-ring (bicyclic) bond motifs is 2. The van der Waals surface area contributed by atoms with Gasteiger partial charge in [0.1, 0.15) is 17.4 Å². The van der Waals surface area contributed by atoms with E-state index in [1.165, 1.54) is 25.3 Å². The van der Waals surface area contributed by atoms with E-state index < -0.39 is 35.0 Å². The molecule has 2 heterocycles. The summed E-state index contributed by atoms with van der Waals surface area (Å²) in [4.78, 5) is 37.5. The highest BCUT2D eigenvalue weighted by molar-refractivity contribution is 6.15. The van der Waals surface area contributed by atoms with Gasteiger partial charge >= 0.3 is 5.97 Å². The molecular formula is C23H22O7. The topological polar surface area (TPSA) is 110 Å². The highest BCUT2D eigenvalue weighted by atomic mass is 16.6. The van der Waals surface area contributed by atoms with E-state index in [1.807, 2.05) is 13.0 Å². The minimum atomic E-state index is -1.62. The van der Waals surface area contributed by atoms with Gasteiger partial charge in [-0.3, -0.25) is 9.59 Å². The molecule has 0 bridgehead atoms. The second-order valence-electron chi connectivity index (χ2n) is 7.09. The maximum absolute atomic E-state index is 13.0. The van der Waals surface area contributed by atoms with Crippen LogP contribution in [0.4, 0.5) is 0 Å². The molecule has 3 rings (SSSR count). The van der Waals surface area contributed by atoms with Gasteiger partial charge in [0.2, 0.25) is 5.78 Å². The fourth-order valence-corrected chi connectivity index (χ4v) is 3.42. The third-order valence-corrected chi connectivity index (χ3v) is 4.98. The lowest BCUT2D eigenvalue weighted by Gasteiger charge is -2.33. The minimum absolute atomic E-state index is 0.182. The molecule has 0 saturated heterocycles. The average Bonchev–Trinajstić information content (AvgIpc) is 2.98. The Balaban J connectivity index is 1.98. The maximum Gasteiger partial charge on any atom is 0.343 e. The Morgan fingerprint density at radius 3 is 2.70 bits per heavy atom. The van der Waals surface area contributed by atoms with Crippen molar-refractivity contribution in [3.05, 3.63) is 82.9 Å². The highest BCUT2D eigenvalue weighted by Crippen LogP contribution is 2.45. The zero-order chi connectivity index (χ0) is 21.9. The number of ketones is 2. The van der Waals surface area contributed by atoms with Crippen molar-refractivity contribution in [3.8, 4) is 0 Å². The number of ether oxygens (including phenoxy) is 2. The standard InChI is InChI=1S/C23H22O7/c1-3-4-5-6-7-8-15(25)11-19(26)20-18-10-14-9-16(12-24)29-13-17(14)21(27)23(18,2)30-22(20)28/h3-8,10-11,13,16,24,26H,9,12H2,1-2H3/b4-3+,6-5+,8-7+,19-11-. The number of Topliss-reactive ketones (excluding diaryl/α,β-unsaturated/α-hetero) is 1. The summed E-state index contributed by atoms with van der Waals surface area (Å²) in [7, 11) is 0. The number of hydrogen-bond acceptors (Lipinski definition) is 7. The van der Waals surface area contributed by atoms with Gasteiger partial charge in [-0.25, -0.2) is 4.79 Å².